The second-order valence-electron chi connectivity index (χ2n) is 2.95. The number of hydrogen-bond acceptors (Lipinski definition) is 4. The van der Waals surface area contributed by atoms with E-state index >= 15 is 0 Å². The Morgan fingerprint density at radius 2 is 1.85 bits per heavy atom. The van der Waals surface area contributed by atoms with E-state index in [0.29, 0.717) is 33.0 Å². The number of aliphatic hydroxyl groups is 1. The summed E-state index contributed by atoms with van der Waals surface area (Å²) in [6.07, 6.45) is 1.62. The summed E-state index contributed by atoms with van der Waals surface area (Å²) in [7, 11) is 0. The molecular formula is C9H21NO3. The number of rotatable bonds is 9. The summed E-state index contributed by atoms with van der Waals surface area (Å²) < 4.78 is 10.3. The van der Waals surface area contributed by atoms with E-state index in [9.17, 15) is 5.11 Å². The standard InChI is InChI=1S/C9H21NO3/c1-2-3-5-12-7-9(11)8-13-6-4-10/h9,11H,2-8,10H2,1H3. The van der Waals surface area contributed by atoms with Gasteiger partial charge in [0.15, 0.2) is 0 Å². The van der Waals surface area contributed by atoms with E-state index in [4.69, 9.17) is 15.2 Å². The fourth-order valence-corrected chi connectivity index (χ4v) is 0.817. The van der Waals surface area contributed by atoms with Crippen molar-refractivity contribution in [1.82, 2.24) is 0 Å². The van der Waals surface area contributed by atoms with Gasteiger partial charge in [-0.25, -0.2) is 0 Å². The molecule has 3 N–H and O–H groups in total. The quantitative estimate of drug-likeness (QED) is 0.509. The highest BCUT2D eigenvalue weighted by Crippen LogP contribution is 1.91. The average Bonchev–Trinajstić information content (AvgIpc) is 2.13. The lowest BCUT2D eigenvalue weighted by atomic mass is 10.3. The number of ether oxygens (including phenoxy) is 2. The van der Waals surface area contributed by atoms with Gasteiger partial charge < -0.3 is 20.3 Å². The molecule has 0 aliphatic carbocycles. The number of unbranched alkanes of at least 4 members (excludes halogenated alkanes) is 1. The Hall–Kier alpha value is -0.160. The van der Waals surface area contributed by atoms with Crippen LogP contribution in [0.3, 0.4) is 0 Å². The molecule has 4 nitrogen and oxygen atoms in total. The molecule has 0 aliphatic rings. The van der Waals surface area contributed by atoms with Crippen LogP contribution in [0.5, 0.6) is 0 Å². The Kier molecular flexibility index (Phi) is 9.80. The zero-order valence-electron chi connectivity index (χ0n) is 8.37. The number of aliphatic hydroxyl groups excluding tert-OH is 1. The first-order valence-corrected chi connectivity index (χ1v) is 4.84. The highest BCUT2D eigenvalue weighted by atomic mass is 16.5. The maximum absolute atomic E-state index is 9.28. The number of nitrogens with two attached hydrogens (primary N) is 1. The number of hydrogen-bond donors (Lipinski definition) is 2. The van der Waals surface area contributed by atoms with Gasteiger partial charge in [-0.15, -0.1) is 0 Å². The Balaban J connectivity index is 3.05. The van der Waals surface area contributed by atoms with Gasteiger partial charge in [0, 0.05) is 13.2 Å². The van der Waals surface area contributed by atoms with Crippen LogP contribution in [-0.4, -0.2) is 44.2 Å². The Morgan fingerprint density at radius 1 is 1.23 bits per heavy atom. The molecule has 0 aromatic rings. The summed E-state index contributed by atoms with van der Waals surface area (Å²) in [5.41, 5.74) is 5.22. The third-order valence-electron chi connectivity index (χ3n) is 1.52. The van der Waals surface area contributed by atoms with Crippen LogP contribution in [0.4, 0.5) is 0 Å². The SMILES string of the molecule is CCCCOCC(O)COCCN. The Labute approximate surface area is 80.0 Å². The van der Waals surface area contributed by atoms with Crippen LogP contribution < -0.4 is 5.73 Å². The first-order valence-electron chi connectivity index (χ1n) is 4.84. The van der Waals surface area contributed by atoms with Gasteiger partial charge in [-0.3, -0.25) is 0 Å². The molecule has 0 saturated carbocycles. The minimum absolute atomic E-state index is 0.309. The van der Waals surface area contributed by atoms with E-state index in [1.54, 1.807) is 0 Å². The molecule has 0 amide bonds. The van der Waals surface area contributed by atoms with Crippen molar-refractivity contribution in [3.63, 3.8) is 0 Å². The third kappa shape index (κ3) is 9.76. The van der Waals surface area contributed by atoms with Gasteiger partial charge in [0.25, 0.3) is 0 Å². The summed E-state index contributed by atoms with van der Waals surface area (Å²) in [6, 6.07) is 0. The molecule has 80 valence electrons. The summed E-state index contributed by atoms with van der Waals surface area (Å²) >= 11 is 0. The summed E-state index contributed by atoms with van der Waals surface area (Å²) in [5, 5.41) is 9.28. The molecule has 1 unspecified atom stereocenters. The average molecular weight is 191 g/mol. The minimum atomic E-state index is -0.525. The van der Waals surface area contributed by atoms with Crippen LogP contribution in [0.2, 0.25) is 0 Å². The van der Waals surface area contributed by atoms with E-state index in [0.717, 1.165) is 12.8 Å². The maximum Gasteiger partial charge on any atom is 0.101 e. The van der Waals surface area contributed by atoms with Gasteiger partial charge >= 0.3 is 0 Å². The van der Waals surface area contributed by atoms with Crippen LogP contribution in [0.25, 0.3) is 0 Å². The van der Waals surface area contributed by atoms with Gasteiger partial charge in [0.05, 0.1) is 19.8 Å². The predicted octanol–water partition coefficient (Wildman–Crippen LogP) is 0.139. The van der Waals surface area contributed by atoms with Crippen LogP contribution in [0.1, 0.15) is 19.8 Å². The van der Waals surface area contributed by atoms with E-state index in [2.05, 4.69) is 6.92 Å². The fourth-order valence-electron chi connectivity index (χ4n) is 0.817. The molecule has 0 spiro atoms. The van der Waals surface area contributed by atoms with Crippen LogP contribution >= 0.6 is 0 Å². The second kappa shape index (κ2) is 9.92. The van der Waals surface area contributed by atoms with Crippen molar-refractivity contribution in [3.05, 3.63) is 0 Å². The smallest absolute Gasteiger partial charge is 0.101 e. The van der Waals surface area contributed by atoms with Crippen molar-refractivity contribution in [2.45, 2.75) is 25.9 Å². The third-order valence-corrected chi connectivity index (χ3v) is 1.52. The lowest BCUT2D eigenvalue weighted by molar-refractivity contribution is -0.0176. The summed E-state index contributed by atoms with van der Waals surface area (Å²) in [5.74, 6) is 0. The second-order valence-corrected chi connectivity index (χ2v) is 2.95. The van der Waals surface area contributed by atoms with Gasteiger partial charge in [-0.1, -0.05) is 13.3 Å². The maximum atomic E-state index is 9.28. The molecule has 0 radical (unpaired) electrons. The zero-order chi connectivity index (χ0) is 9.94. The van der Waals surface area contributed by atoms with Crippen molar-refractivity contribution >= 4 is 0 Å². The van der Waals surface area contributed by atoms with Gasteiger partial charge in [-0.2, -0.15) is 0 Å². The molecular weight excluding hydrogens is 170 g/mol. The van der Waals surface area contributed by atoms with E-state index in [1.807, 2.05) is 0 Å². The molecule has 0 rings (SSSR count). The van der Waals surface area contributed by atoms with E-state index in [1.165, 1.54) is 0 Å². The Morgan fingerprint density at radius 3 is 2.38 bits per heavy atom. The minimum Gasteiger partial charge on any atom is -0.388 e. The zero-order valence-corrected chi connectivity index (χ0v) is 8.37. The molecule has 0 saturated heterocycles. The fraction of sp³-hybridized carbons (Fsp3) is 1.00. The van der Waals surface area contributed by atoms with Crippen molar-refractivity contribution in [2.75, 3.05) is 33.0 Å². The van der Waals surface area contributed by atoms with E-state index < -0.39 is 6.10 Å². The van der Waals surface area contributed by atoms with E-state index in [-0.39, 0.29) is 0 Å². The van der Waals surface area contributed by atoms with Gasteiger partial charge in [0.2, 0.25) is 0 Å². The lowest BCUT2D eigenvalue weighted by Gasteiger charge is -2.10. The monoisotopic (exact) mass is 191 g/mol. The molecule has 0 fully saturated rings. The summed E-state index contributed by atoms with van der Waals surface area (Å²) in [4.78, 5) is 0. The van der Waals surface area contributed by atoms with Gasteiger partial charge in [-0.05, 0) is 6.42 Å². The largest absolute Gasteiger partial charge is 0.388 e. The Bertz CT molecular complexity index is 101. The molecule has 0 aliphatic heterocycles. The highest BCUT2D eigenvalue weighted by molar-refractivity contribution is 4.51. The van der Waals surface area contributed by atoms with Gasteiger partial charge in [0.1, 0.15) is 6.10 Å². The highest BCUT2D eigenvalue weighted by Gasteiger charge is 2.03. The van der Waals surface area contributed by atoms with Crippen molar-refractivity contribution < 1.29 is 14.6 Å². The normalized spacial score (nSPS) is 13.2. The molecule has 0 aromatic carbocycles. The molecule has 0 aromatic heterocycles. The van der Waals surface area contributed by atoms with Crippen LogP contribution in [0.15, 0.2) is 0 Å². The molecule has 0 bridgehead atoms. The first-order chi connectivity index (χ1) is 6.31. The lowest BCUT2D eigenvalue weighted by Crippen LogP contribution is -2.23. The van der Waals surface area contributed by atoms with Crippen molar-refractivity contribution in [2.24, 2.45) is 5.73 Å². The molecule has 4 heteroatoms. The molecule has 1 atom stereocenters. The first kappa shape index (κ1) is 12.8. The summed E-state index contributed by atoms with van der Waals surface area (Å²) in [6.45, 7) is 4.46. The van der Waals surface area contributed by atoms with Crippen LogP contribution in [-0.2, 0) is 9.47 Å². The van der Waals surface area contributed by atoms with Crippen molar-refractivity contribution in [1.29, 1.82) is 0 Å². The predicted molar refractivity (Wildman–Crippen MR) is 51.6 cm³/mol. The molecule has 0 heterocycles. The molecule has 13 heavy (non-hydrogen) atoms. The van der Waals surface area contributed by atoms with Crippen LogP contribution in [0, 0.1) is 0 Å². The topological polar surface area (TPSA) is 64.7 Å². The van der Waals surface area contributed by atoms with Crippen molar-refractivity contribution in [3.8, 4) is 0 Å².